The smallest absolute Gasteiger partial charge is 0.331 e. The largest absolute Gasteiger partial charge is 0.478 e. The van der Waals surface area contributed by atoms with Crippen molar-refractivity contribution in [1.29, 1.82) is 0 Å². The van der Waals surface area contributed by atoms with Gasteiger partial charge in [-0.15, -0.1) is 0 Å². The van der Waals surface area contributed by atoms with Gasteiger partial charge in [-0.3, -0.25) is 4.99 Å². The van der Waals surface area contributed by atoms with Gasteiger partial charge in [-0.05, 0) is 26.2 Å². The first-order chi connectivity index (χ1) is 8.24. The summed E-state index contributed by atoms with van der Waals surface area (Å²) in [5.74, 6) is -0.0442. The molecular weight excluding hydrogens is 248 g/mol. The molecule has 0 aliphatic carbocycles. The van der Waals surface area contributed by atoms with Crippen LogP contribution in [0.3, 0.4) is 0 Å². The highest BCUT2D eigenvalue weighted by Crippen LogP contribution is 2.29. The summed E-state index contributed by atoms with van der Waals surface area (Å²) in [5.41, 5.74) is 0.595. The molecule has 0 aromatic carbocycles. The summed E-state index contributed by atoms with van der Waals surface area (Å²) in [6, 6.07) is 0. The molecule has 0 radical (unpaired) electrons. The molecule has 18 heavy (non-hydrogen) atoms. The molecule has 1 aliphatic rings. The van der Waals surface area contributed by atoms with Gasteiger partial charge < -0.3 is 10.4 Å². The molecule has 0 spiro atoms. The van der Waals surface area contributed by atoms with Gasteiger partial charge in [0.15, 0.2) is 0 Å². The van der Waals surface area contributed by atoms with E-state index in [4.69, 9.17) is 17.3 Å². The van der Waals surface area contributed by atoms with E-state index in [-0.39, 0.29) is 5.92 Å². The zero-order valence-electron chi connectivity index (χ0n) is 11.5. The van der Waals surface area contributed by atoms with Crippen LogP contribution in [-0.2, 0) is 4.79 Å². The van der Waals surface area contributed by atoms with Crippen LogP contribution in [0, 0.1) is 5.92 Å². The fourth-order valence-corrected chi connectivity index (χ4v) is 2.20. The monoisotopic (exact) mass is 268 g/mol. The molecule has 0 fully saturated rings. The van der Waals surface area contributed by atoms with E-state index in [2.05, 4.69) is 24.2 Å². The second-order valence-corrected chi connectivity index (χ2v) is 5.39. The lowest BCUT2D eigenvalue weighted by Gasteiger charge is -2.24. The fourth-order valence-electron chi connectivity index (χ4n) is 1.82. The molecule has 1 atom stereocenters. The summed E-state index contributed by atoms with van der Waals surface area (Å²) in [4.78, 5) is 16.3. The molecule has 4 nitrogen and oxygen atoms in total. The standard InChI is InChI=1S/C13H20N2O2S/c1-6-9(8(4)11(16)17)10-14-12(18)13(5,15-10)7(2)3/h7H,6H2,1-5H3,(H,16,17)(H,14,15,18). The van der Waals surface area contributed by atoms with Crippen LogP contribution >= 0.6 is 12.2 Å². The fraction of sp³-hybridized carbons (Fsp3) is 0.615. The van der Waals surface area contributed by atoms with Crippen molar-refractivity contribution in [3.05, 3.63) is 11.1 Å². The minimum absolute atomic E-state index is 0.262. The highest BCUT2D eigenvalue weighted by molar-refractivity contribution is 7.80. The Kier molecular flexibility index (Phi) is 4.27. The third kappa shape index (κ3) is 2.46. The van der Waals surface area contributed by atoms with E-state index in [1.807, 2.05) is 13.8 Å². The molecule has 5 heteroatoms. The minimum Gasteiger partial charge on any atom is -0.478 e. The van der Waals surface area contributed by atoms with E-state index in [0.29, 0.717) is 28.4 Å². The molecule has 1 rings (SSSR count). The summed E-state index contributed by atoms with van der Waals surface area (Å²) in [6.45, 7) is 9.60. The quantitative estimate of drug-likeness (QED) is 0.607. The number of aliphatic carboxylic acids is 1. The first kappa shape index (κ1) is 14.8. The maximum Gasteiger partial charge on any atom is 0.331 e. The summed E-state index contributed by atoms with van der Waals surface area (Å²) >= 11 is 5.33. The van der Waals surface area contributed by atoms with Crippen molar-refractivity contribution in [1.82, 2.24) is 5.32 Å². The van der Waals surface area contributed by atoms with E-state index in [1.54, 1.807) is 6.92 Å². The molecule has 1 heterocycles. The van der Waals surface area contributed by atoms with Crippen LogP contribution in [0.15, 0.2) is 16.1 Å². The summed E-state index contributed by atoms with van der Waals surface area (Å²) < 4.78 is 0. The number of aliphatic imine (C=N–C) groups is 1. The molecule has 100 valence electrons. The number of carboxylic acid groups (broad SMARTS) is 1. The summed E-state index contributed by atoms with van der Waals surface area (Å²) in [5, 5.41) is 12.1. The number of thiocarbonyl (C=S) groups is 1. The molecule has 0 aromatic heterocycles. The normalized spacial score (nSPS) is 24.8. The van der Waals surface area contributed by atoms with Gasteiger partial charge in [0.05, 0.1) is 0 Å². The van der Waals surface area contributed by atoms with Gasteiger partial charge in [-0.1, -0.05) is 33.0 Å². The Labute approximate surface area is 113 Å². The Hall–Kier alpha value is -1.23. The Morgan fingerprint density at radius 2 is 2.11 bits per heavy atom. The van der Waals surface area contributed by atoms with Crippen molar-refractivity contribution >= 4 is 29.0 Å². The molecule has 2 N–H and O–H groups in total. The first-order valence-electron chi connectivity index (χ1n) is 6.08. The molecule has 0 aromatic rings. The highest BCUT2D eigenvalue weighted by atomic mass is 32.1. The van der Waals surface area contributed by atoms with Crippen LogP contribution in [0.2, 0.25) is 0 Å². The van der Waals surface area contributed by atoms with Crippen molar-refractivity contribution in [2.75, 3.05) is 0 Å². The number of amidine groups is 1. The van der Waals surface area contributed by atoms with Crippen LogP contribution < -0.4 is 5.32 Å². The Morgan fingerprint density at radius 3 is 2.44 bits per heavy atom. The molecule has 0 bridgehead atoms. The maximum absolute atomic E-state index is 11.1. The van der Waals surface area contributed by atoms with Gasteiger partial charge in [-0.25, -0.2) is 4.79 Å². The zero-order chi connectivity index (χ0) is 14.1. The average Bonchev–Trinajstić information content (AvgIpc) is 2.57. The molecule has 0 amide bonds. The number of nitrogens with zero attached hydrogens (tertiary/aromatic N) is 1. The second-order valence-electron chi connectivity index (χ2n) is 4.98. The van der Waals surface area contributed by atoms with Crippen LogP contribution in [-0.4, -0.2) is 27.4 Å². The van der Waals surface area contributed by atoms with Crippen LogP contribution in [0.4, 0.5) is 0 Å². The van der Waals surface area contributed by atoms with Crippen molar-refractivity contribution in [3.8, 4) is 0 Å². The van der Waals surface area contributed by atoms with Gasteiger partial charge in [0.1, 0.15) is 16.4 Å². The van der Waals surface area contributed by atoms with Gasteiger partial charge in [0, 0.05) is 11.1 Å². The number of hydrogen-bond donors (Lipinski definition) is 2. The number of rotatable bonds is 4. The maximum atomic E-state index is 11.1. The zero-order valence-corrected chi connectivity index (χ0v) is 12.3. The SMILES string of the molecule is CCC(C1=NC(C)(C(C)C)C(=S)N1)=C(C)C(=O)O. The number of carboxylic acids is 1. The Bertz CT molecular complexity index is 452. The Morgan fingerprint density at radius 1 is 1.56 bits per heavy atom. The second kappa shape index (κ2) is 5.18. The Balaban J connectivity index is 3.24. The van der Waals surface area contributed by atoms with Gasteiger partial charge in [0.2, 0.25) is 0 Å². The minimum atomic E-state index is -0.916. The van der Waals surface area contributed by atoms with E-state index in [0.717, 1.165) is 0 Å². The third-order valence-electron chi connectivity index (χ3n) is 3.57. The molecule has 1 aliphatic heterocycles. The number of nitrogens with one attached hydrogen (secondary N) is 1. The van der Waals surface area contributed by atoms with Gasteiger partial charge in [-0.2, -0.15) is 0 Å². The van der Waals surface area contributed by atoms with E-state index < -0.39 is 11.5 Å². The van der Waals surface area contributed by atoms with Crippen molar-refractivity contribution in [3.63, 3.8) is 0 Å². The highest BCUT2D eigenvalue weighted by Gasteiger charge is 2.39. The molecular formula is C13H20N2O2S. The van der Waals surface area contributed by atoms with Crippen LogP contribution in [0.25, 0.3) is 0 Å². The molecule has 0 saturated carbocycles. The van der Waals surface area contributed by atoms with Gasteiger partial charge >= 0.3 is 5.97 Å². The van der Waals surface area contributed by atoms with Crippen LogP contribution in [0.1, 0.15) is 41.0 Å². The van der Waals surface area contributed by atoms with Crippen molar-refractivity contribution in [2.45, 2.75) is 46.6 Å². The van der Waals surface area contributed by atoms with Crippen LogP contribution in [0.5, 0.6) is 0 Å². The topological polar surface area (TPSA) is 61.7 Å². The van der Waals surface area contributed by atoms with Crippen molar-refractivity contribution in [2.24, 2.45) is 10.9 Å². The summed E-state index contributed by atoms with van der Waals surface area (Å²) in [6.07, 6.45) is 0.612. The van der Waals surface area contributed by atoms with E-state index in [1.165, 1.54) is 0 Å². The molecule has 0 saturated heterocycles. The van der Waals surface area contributed by atoms with E-state index in [9.17, 15) is 4.79 Å². The lowest BCUT2D eigenvalue weighted by Crippen LogP contribution is -2.39. The predicted octanol–water partition coefficient (Wildman–Crippen LogP) is 2.54. The lowest BCUT2D eigenvalue weighted by atomic mass is 9.90. The summed E-state index contributed by atoms with van der Waals surface area (Å²) in [7, 11) is 0. The number of hydrogen-bond acceptors (Lipinski definition) is 3. The lowest BCUT2D eigenvalue weighted by molar-refractivity contribution is -0.132. The molecule has 1 unspecified atom stereocenters. The van der Waals surface area contributed by atoms with Gasteiger partial charge in [0.25, 0.3) is 0 Å². The average molecular weight is 268 g/mol. The third-order valence-corrected chi connectivity index (χ3v) is 4.09. The number of carbonyl (C=O) groups is 1. The first-order valence-corrected chi connectivity index (χ1v) is 6.49. The van der Waals surface area contributed by atoms with E-state index >= 15 is 0 Å². The van der Waals surface area contributed by atoms with Crippen molar-refractivity contribution < 1.29 is 9.90 Å². The predicted molar refractivity (Wildman–Crippen MR) is 77.0 cm³/mol.